The first-order valence-corrected chi connectivity index (χ1v) is 11.1. The van der Waals surface area contributed by atoms with Crippen molar-refractivity contribution in [3.63, 3.8) is 0 Å². The average Bonchev–Trinajstić information content (AvgIpc) is 2.77. The lowest BCUT2D eigenvalue weighted by atomic mass is 10.1. The van der Waals surface area contributed by atoms with E-state index in [2.05, 4.69) is 22.5 Å². The van der Waals surface area contributed by atoms with Gasteiger partial charge in [0.15, 0.2) is 5.96 Å². The van der Waals surface area contributed by atoms with Crippen molar-refractivity contribution in [1.82, 2.24) is 15.5 Å². The number of rotatable bonds is 10. The second-order valence-corrected chi connectivity index (χ2v) is 7.78. The number of guanidine groups is 1. The highest BCUT2D eigenvalue weighted by atomic mass is 35.5. The van der Waals surface area contributed by atoms with Crippen LogP contribution in [0.3, 0.4) is 0 Å². The molecule has 2 aromatic carbocycles. The van der Waals surface area contributed by atoms with E-state index in [1.165, 1.54) is 0 Å². The van der Waals surface area contributed by atoms with E-state index in [1.807, 2.05) is 55.5 Å². The Bertz CT molecular complexity index is 870. The number of halogens is 1. The molecule has 0 aliphatic heterocycles. The lowest BCUT2D eigenvalue weighted by Gasteiger charge is -2.18. The fraction of sp³-hybridized carbons (Fsp3) is 0.417. The van der Waals surface area contributed by atoms with Gasteiger partial charge in [-0.1, -0.05) is 42.8 Å². The van der Waals surface area contributed by atoms with Gasteiger partial charge in [0.25, 0.3) is 5.91 Å². The molecule has 0 radical (unpaired) electrons. The van der Waals surface area contributed by atoms with Gasteiger partial charge in [-0.3, -0.25) is 4.79 Å². The summed E-state index contributed by atoms with van der Waals surface area (Å²) in [6.07, 6.45) is 1.54. The van der Waals surface area contributed by atoms with Gasteiger partial charge in [0.05, 0.1) is 11.6 Å². The summed E-state index contributed by atoms with van der Waals surface area (Å²) < 4.78 is 6.02. The Kier molecular flexibility index (Phi) is 10.2. The van der Waals surface area contributed by atoms with Gasteiger partial charge in [-0.25, -0.2) is 4.99 Å². The number of aliphatic imine (C=N–C) groups is 1. The van der Waals surface area contributed by atoms with Crippen LogP contribution in [0.5, 0.6) is 5.75 Å². The van der Waals surface area contributed by atoms with Crippen molar-refractivity contribution < 1.29 is 9.53 Å². The van der Waals surface area contributed by atoms with E-state index in [1.54, 1.807) is 19.0 Å². The molecule has 0 aliphatic carbocycles. The van der Waals surface area contributed by atoms with Crippen molar-refractivity contribution in [3.05, 3.63) is 64.7 Å². The molecule has 168 valence electrons. The zero-order valence-corrected chi connectivity index (χ0v) is 19.6. The van der Waals surface area contributed by atoms with Crippen molar-refractivity contribution in [1.29, 1.82) is 0 Å². The van der Waals surface area contributed by atoms with Crippen LogP contribution in [0.1, 0.15) is 36.2 Å². The number of para-hydroxylation sites is 1. The number of carbonyl (C=O) groups excluding carboxylic acids is 1. The summed E-state index contributed by atoms with van der Waals surface area (Å²) in [5.74, 6) is 1.43. The number of hydrogen-bond donors (Lipinski definition) is 2. The maximum Gasteiger partial charge on any atom is 0.253 e. The summed E-state index contributed by atoms with van der Waals surface area (Å²) in [6, 6.07) is 15.2. The van der Waals surface area contributed by atoms with E-state index in [0.29, 0.717) is 29.4 Å². The number of benzene rings is 2. The van der Waals surface area contributed by atoms with Crippen molar-refractivity contribution in [2.45, 2.75) is 32.8 Å². The zero-order chi connectivity index (χ0) is 22.6. The molecule has 0 bridgehead atoms. The lowest BCUT2D eigenvalue weighted by Crippen LogP contribution is -2.39. The molecule has 0 aromatic heterocycles. The number of carbonyl (C=O) groups is 1. The fourth-order valence-corrected chi connectivity index (χ4v) is 3.13. The Morgan fingerprint density at radius 1 is 1.13 bits per heavy atom. The van der Waals surface area contributed by atoms with Crippen LogP contribution in [0.15, 0.2) is 53.5 Å². The van der Waals surface area contributed by atoms with E-state index < -0.39 is 0 Å². The quantitative estimate of drug-likeness (QED) is 0.429. The Morgan fingerprint density at radius 2 is 1.90 bits per heavy atom. The minimum absolute atomic E-state index is 0.00818. The summed E-state index contributed by atoms with van der Waals surface area (Å²) in [6.45, 7) is 6.09. The van der Waals surface area contributed by atoms with Crippen LogP contribution in [-0.4, -0.2) is 56.6 Å². The Hall–Kier alpha value is -2.73. The first kappa shape index (κ1) is 24.5. The van der Waals surface area contributed by atoms with Crippen molar-refractivity contribution in [3.8, 4) is 5.75 Å². The number of nitrogens with one attached hydrogen (secondary N) is 2. The van der Waals surface area contributed by atoms with E-state index in [-0.39, 0.29) is 12.0 Å². The normalized spacial score (nSPS) is 12.2. The monoisotopic (exact) mass is 444 g/mol. The van der Waals surface area contributed by atoms with E-state index in [4.69, 9.17) is 16.3 Å². The first-order valence-electron chi connectivity index (χ1n) is 10.7. The predicted molar refractivity (Wildman–Crippen MR) is 128 cm³/mol. The highest BCUT2D eigenvalue weighted by molar-refractivity contribution is 6.32. The molecule has 0 saturated carbocycles. The van der Waals surface area contributed by atoms with Gasteiger partial charge in [-0.15, -0.1) is 0 Å². The van der Waals surface area contributed by atoms with Crippen LogP contribution in [0.4, 0.5) is 0 Å². The van der Waals surface area contributed by atoms with E-state index >= 15 is 0 Å². The molecule has 1 unspecified atom stereocenters. The SMILES string of the molecule is CCNC(=NCC(CC)Oc1ccccc1Cl)NCCc1cccc(C(=O)N(C)C)c1. The van der Waals surface area contributed by atoms with Gasteiger partial charge < -0.3 is 20.3 Å². The minimum atomic E-state index is -0.0657. The van der Waals surface area contributed by atoms with Crippen molar-refractivity contribution in [2.75, 3.05) is 33.7 Å². The van der Waals surface area contributed by atoms with Crippen molar-refractivity contribution in [2.24, 2.45) is 4.99 Å². The van der Waals surface area contributed by atoms with Crippen molar-refractivity contribution >= 4 is 23.5 Å². The highest BCUT2D eigenvalue weighted by Crippen LogP contribution is 2.24. The molecular weight excluding hydrogens is 412 g/mol. The Labute approximate surface area is 190 Å². The second kappa shape index (κ2) is 12.8. The van der Waals surface area contributed by atoms with Crippen LogP contribution in [0.25, 0.3) is 0 Å². The molecule has 2 rings (SSSR count). The number of nitrogens with zero attached hydrogens (tertiary/aromatic N) is 2. The third-order valence-electron chi connectivity index (χ3n) is 4.67. The summed E-state index contributed by atoms with van der Waals surface area (Å²) in [5, 5.41) is 7.22. The van der Waals surface area contributed by atoms with Gasteiger partial charge >= 0.3 is 0 Å². The molecule has 2 aromatic rings. The van der Waals surface area contributed by atoms with Gasteiger partial charge in [-0.05, 0) is 49.6 Å². The van der Waals surface area contributed by atoms with Crippen LogP contribution in [-0.2, 0) is 6.42 Å². The van der Waals surface area contributed by atoms with Gasteiger partial charge in [0.2, 0.25) is 0 Å². The summed E-state index contributed by atoms with van der Waals surface area (Å²) in [7, 11) is 3.52. The molecule has 0 fully saturated rings. The molecule has 0 spiro atoms. The molecule has 1 atom stereocenters. The van der Waals surface area contributed by atoms with E-state index in [9.17, 15) is 4.79 Å². The number of ether oxygens (including phenoxy) is 1. The first-order chi connectivity index (χ1) is 14.9. The third kappa shape index (κ3) is 8.13. The van der Waals surface area contributed by atoms with Crippen LogP contribution in [0, 0.1) is 0 Å². The van der Waals surface area contributed by atoms with Gasteiger partial charge in [0.1, 0.15) is 11.9 Å². The summed E-state index contributed by atoms with van der Waals surface area (Å²) in [4.78, 5) is 18.4. The highest BCUT2D eigenvalue weighted by Gasteiger charge is 2.11. The standard InChI is InChI=1S/C24H33ClN4O2/c1-5-20(31-22-13-8-7-12-21(22)25)17-28-24(26-6-2)27-15-14-18-10-9-11-19(16-18)23(30)29(3)4/h7-13,16,20H,5-6,14-15,17H2,1-4H3,(H2,26,27,28). The molecule has 0 aliphatic rings. The van der Waals surface area contributed by atoms with Crippen LogP contribution in [0.2, 0.25) is 5.02 Å². The number of hydrogen-bond acceptors (Lipinski definition) is 3. The zero-order valence-electron chi connectivity index (χ0n) is 18.8. The predicted octanol–water partition coefficient (Wildman–Crippen LogP) is 4.00. The Balaban J connectivity index is 1.93. The maximum atomic E-state index is 12.2. The third-order valence-corrected chi connectivity index (χ3v) is 4.98. The maximum absolute atomic E-state index is 12.2. The lowest BCUT2D eigenvalue weighted by molar-refractivity contribution is 0.0827. The topological polar surface area (TPSA) is 66.0 Å². The van der Waals surface area contributed by atoms with Crippen LogP contribution < -0.4 is 15.4 Å². The average molecular weight is 445 g/mol. The summed E-state index contributed by atoms with van der Waals surface area (Å²) in [5.41, 5.74) is 1.80. The molecule has 6 nitrogen and oxygen atoms in total. The minimum Gasteiger partial charge on any atom is -0.487 e. The van der Waals surface area contributed by atoms with Gasteiger partial charge in [0, 0.05) is 32.7 Å². The fourth-order valence-electron chi connectivity index (χ4n) is 2.95. The second-order valence-electron chi connectivity index (χ2n) is 7.37. The molecule has 7 heteroatoms. The van der Waals surface area contributed by atoms with Gasteiger partial charge in [-0.2, -0.15) is 0 Å². The number of amides is 1. The molecule has 0 heterocycles. The summed E-state index contributed by atoms with van der Waals surface area (Å²) >= 11 is 6.20. The smallest absolute Gasteiger partial charge is 0.253 e. The van der Waals surface area contributed by atoms with E-state index in [0.717, 1.165) is 30.9 Å². The molecule has 0 saturated heterocycles. The largest absolute Gasteiger partial charge is 0.487 e. The Morgan fingerprint density at radius 3 is 2.58 bits per heavy atom. The molecule has 31 heavy (non-hydrogen) atoms. The van der Waals surface area contributed by atoms with Crippen LogP contribution >= 0.6 is 11.6 Å². The molecule has 1 amide bonds. The molecule has 2 N–H and O–H groups in total. The molecular formula is C24H33ClN4O2.